The van der Waals surface area contributed by atoms with Crippen LogP contribution in [0.2, 0.25) is 0 Å². The van der Waals surface area contributed by atoms with Crippen molar-refractivity contribution in [3.05, 3.63) is 20.8 Å². The lowest BCUT2D eigenvalue weighted by atomic mass is 10.1. The van der Waals surface area contributed by atoms with Gasteiger partial charge in [-0.1, -0.05) is 0 Å². The SMILES string of the molecule is CC(C)(O)CCNCc1sccc1Br. The van der Waals surface area contributed by atoms with Crippen molar-refractivity contribution < 1.29 is 5.11 Å². The summed E-state index contributed by atoms with van der Waals surface area (Å²) >= 11 is 5.21. The molecule has 0 aliphatic heterocycles. The van der Waals surface area contributed by atoms with E-state index in [9.17, 15) is 5.11 Å². The molecule has 14 heavy (non-hydrogen) atoms. The maximum atomic E-state index is 9.48. The normalized spacial score (nSPS) is 12.0. The third-order valence-electron chi connectivity index (χ3n) is 1.89. The van der Waals surface area contributed by atoms with E-state index >= 15 is 0 Å². The molecule has 1 aromatic heterocycles. The van der Waals surface area contributed by atoms with Crippen molar-refractivity contribution in [2.24, 2.45) is 0 Å². The minimum atomic E-state index is -0.570. The van der Waals surface area contributed by atoms with E-state index in [1.807, 2.05) is 13.8 Å². The molecule has 0 bridgehead atoms. The Bertz CT molecular complexity index is 280. The molecule has 80 valence electrons. The predicted molar refractivity (Wildman–Crippen MR) is 64.6 cm³/mol. The van der Waals surface area contributed by atoms with Gasteiger partial charge in [0.15, 0.2) is 0 Å². The average Bonchev–Trinajstić information content (AvgIpc) is 2.44. The lowest BCUT2D eigenvalue weighted by Gasteiger charge is -2.16. The van der Waals surface area contributed by atoms with Gasteiger partial charge < -0.3 is 10.4 Å². The molecule has 0 spiro atoms. The Kier molecular flexibility index (Phi) is 4.57. The highest BCUT2D eigenvalue weighted by atomic mass is 79.9. The third-order valence-corrected chi connectivity index (χ3v) is 3.82. The smallest absolute Gasteiger partial charge is 0.0603 e. The molecule has 0 fully saturated rings. The Morgan fingerprint density at radius 3 is 2.79 bits per heavy atom. The Morgan fingerprint density at radius 1 is 1.57 bits per heavy atom. The van der Waals surface area contributed by atoms with Crippen molar-refractivity contribution in [3.63, 3.8) is 0 Å². The molecular weight excluding hydrogens is 262 g/mol. The summed E-state index contributed by atoms with van der Waals surface area (Å²) in [6, 6.07) is 2.05. The van der Waals surface area contributed by atoms with Crippen LogP contribution >= 0.6 is 27.3 Å². The molecule has 0 aromatic carbocycles. The van der Waals surface area contributed by atoms with Crippen LogP contribution in [0.3, 0.4) is 0 Å². The van der Waals surface area contributed by atoms with E-state index in [2.05, 4.69) is 32.7 Å². The highest BCUT2D eigenvalue weighted by molar-refractivity contribution is 9.10. The van der Waals surface area contributed by atoms with E-state index in [0.717, 1.165) is 19.5 Å². The molecule has 1 aromatic rings. The number of thiophene rings is 1. The summed E-state index contributed by atoms with van der Waals surface area (Å²) in [5.41, 5.74) is -0.570. The summed E-state index contributed by atoms with van der Waals surface area (Å²) < 4.78 is 1.17. The quantitative estimate of drug-likeness (QED) is 0.812. The van der Waals surface area contributed by atoms with Crippen LogP contribution in [0.15, 0.2) is 15.9 Å². The summed E-state index contributed by atoms with van der Waals surface area (Å²) in [5.74, 6) is 0. The summed E-state index contributed by atoms with van der Waals surface area (Å²) in [6.45, 7) is 5.37. The standard InChI is InChI=1S/C10H16BrNOS/c1-10(2,13)4-5-12-7-9-8(11)3-6-14-9/h3,6,12-13H,4-5,7H2,1-2H3. The molecule has 4 heteroatoms. The van der Waals surface area contributed by atoms with Gasteiger partial charge in [-0.25, -0.2) is 0 Å². The zero-order chi connectivity index (χ0) is 10.6. The Labute approximate surface area is 97.5 Å². The van der Waals surface area contributed by atoms with Gasteiger partial charge in [0.2, 0.25) is 0 Å². The lowest BCUT2D eigenvalue weighted by molar-refractivity contribution is 0.0711. The van der Waals surface area contributed by atoms with E-state index in [0.29, 0.717) is 0 Å². The highest BCUT2D eigenvalue weighted by Crippen LogP contribution is 2.22. The van der Waals surface area contributed by atoms with Crippen LogP contribution in [0.4, 0.5) is 0 Å². The number of halogens is 1. The monoisotopic (exact) mass is 277 g/mol. The molecule has 0 saturated heterocycles. The maximum Gasteiger partial charge on any atom is 0.0603 e. The number of rotatable bonds is 5. The van der Waals surface area contributed by atoms with Gasteiger partial charge in [-0.15, -0.1) is 11.3 Å². The van der Waals surface area contributed by atoms with E-state index in [4.69, 9.17) is 0 Å². The summed E-state index contributed by atoms with van der Waals surface area (Å²) in [6.07, 6.45) is 0.774. The Balaban J connectivity index is 2.20. The first kappa shape index (κ1) is 12.2. The fraction of sp³-hybridized carbons (Fsp3) is 0.600. The second kappa shape index (κ2) is 5.26. The molecule has 0 amide bonds. The molecule has 0 unspecified atom stereocenters. The molecular formula is C10H16BrNOS. The van der Waals surface area contributed by atoms with E-state index in [1.54, 1.807) is 11.3 Å². The van der Waals surface area contributed by atoms with E-state index in [1.165, 1.54) is 9.35 Å². The average molecular weight is 278 g/mol. The van der Waals surface area contributed by atoms with Crippen LogP contribution in [0.5, 0.6) is 0 Å². The molecule has 1 rings (SSSR count). The Morgan fingerprint density at radius 2 is 2.29 bits per heavy atom. The predicted octanol–water partition coefficient (Wildman–Crippen LogP) is 2.76. The number of hydrogen-bond donors (Lipinski definition) is 2. The number of aliphatic hydroxyl groups is 1. The first-order valence-electron chi connectivity index (χ1n) is 4.64. The minimum absolute atomic E-state index is 0.570. The van der Waals surface area contributed by atoms with Gasteiger partial charge in [0.25, 0.3) is 0 Å². The Hall–Kier alpha value is 0.100. The molecule has 0 saturated carbocycles. The fourth-order valence-electron chi connectivity index (χ4n) is 1.05. The van der Waals surface area contributed by atoms with Crippen molar-refractivity contribution in [3.8, 4) is 0 Å². The van der Waals surface area contributed by atoms with Crippen LogP contribution in [0.25, 0.3) is 0 Å². The molecule has 2 N–H and O–H groups in total. The molecule has 1 heterocycles. The fourth-order valence-corrected chi connectivity index (χ4v) is 2.51. The number of hydrogen-bond acceptors (Lipinski definition) is 3. The van der Waals surface area contributed by atoms with Gasteiger partial charge in [0, 0.05) is 15.9 Å². The van der Waals surface area contributed by atoms with Crippen molar-refractivity contribution in [2.45, 2.75) is 32.4 Å². The summed E-state index contributed by atoms with van der Waals surface area (Å²) in [7, 11) is 0. The zero-order valence-corrected chi connectivity index (χ0v) is 10.9. The maximum absolute atomic E-state index is 9.48. The largest absolute Gasteiger partial charge is 0.390 e. The first-order chi connectivity index (χ1) is 6.49. The van der Waals surface area contributed by atoms with Gasteiger partial charge in [-0.05, 0) is 54.2 Å². The second-order valence-electron chi connectivity index (χ2n) is 3.93. The van der Waals surface area contributed by atoms with Crippen LogP contribution in [-0.4, -0.2) is 17.3 Å². The van der Waals surface area contributed by atoms with Gasteiger partial charge in [-0.3, -0.25) is 0 Å². The van der Waals surface area contributed by atoms with E-state index in [-0.39, 0.29) is 0 Å². The highest BCUT2D eigenvalue weighted by Gasteiger charge is 2.11. The van der Waals surface area contributed by atoms with Crippen LogP contribution in [0, 0.1) is 0 Å². The van der Waals surface area contributed by atoms with Crippen molar-refractivity contribution in [2.75, 3.05) is 6.54 Å². The minimum Gasteiger partial charge on any atom is -0.390 e. The van der Waals surface area contributed by atoms with Gasteiger partial charge >= 0.3 is 0 Å². The molecule has 0 aliphatic rings. The first-order valence-corrected chi connectivity index (χ1v) is 6.31. The lowest BCUT2D eigenvalue weighted by Crippen LogP contribution is -2.26. The number of nitrogens with one attached hydrogen (secondary N) is 1. The van der Waals surface area contributed by atoms with Crippen molar-refractivity contribution in [1.82, 2.24) is 5.32 Å². The van der Waals surface area contributed by atoms with Gasteiger partial charge in [-0.2, -0.15) is 0 Å². The van der Waals surface area contributed by atoms with Crippen LogP contribution < -0.4 is 5.32 Å². The van der Waals surface area contributed by atoms with E-state index < -0.39 is 5.60 Å². The summed E-state index contributed by atoms with van der Waals surface area (Å²) in [5, 5.41) is 14.9. The van der Waals surface area contributed by atoms with Gasteiger partial charge in [0.1, 0.15) is 0 Å². The molecule has 2 nitrogen and oxygen atoms in total. The van der Waals surface area contributed by atoms with Crippen molar-refractivity contribution >= 4 is 27.3 Å². The third kappa shape index (κ3) is 4.55. The summed E-state index contributed by atoms with van der Waals surface area (Å²) in [4.78, 5) is 1.31. The molecule has 0 radical (unpaired) electrons. The molecule has 0 aliphatic carbocycles. The van der Waals surface area contributed by atoms with Crippen molar-refractivity contribution in [1.29, 1.82) is 0 Å². The second-order valence-corrected chi connectivity index (χ2v) is 5.79. The van der Waals surface area contributed by atoms with Crippen LogP contribution in [0.1, 0.15) is 25.1 Å². The zero-order valence-electron chi connectivity index (χ0n) is 8.51. The van der Waals surface area contributed by atoms with Gasteiger partial charge in [0.05, 0.1) is 5.60 Å². The molecule has 0 atom stereocenters. The topological polar surface area (TPSA) is 32.3 Å². The van der Waals surface area contributed by atoms with Crippen LogP contribution in [-0.2, 0) is 6.54 Å².